The molecule has 3 heterocycles. The van der Waals surface area contributed by atoms with Crippen molar-refractivity contribution in [2.45, 2.75) is 32.8 Å². The zero-order valence-electron chi connectivity index (χ0n) is 14.8. The summed E-state index contributed by atoms with van der Waals surface area (Å²) in [6.45, 7) is 6.04. The number of rotatable bonds is 4. The lowest BCUT2D eigenvalue weighted by molar-refractivity contribution is 0.162. The summed E-state index contributed by atoms with van der Waals surface area (Å²) in [6, 6.07) is 3.93. The van der Waals surface area contributed by atoms with Crippen molar-refractivity contribution in [3.63, 3.8) is 0 Å². The molecule has 3 aromatic rings. The van der Waals surface area contributed by atoms with Crippen LogP contribution in [0.5, 0.6) is 5.75 Å². The summed E-state index contributed by atoms with van der Waals surface area (Å²) in [5, 5.41) is 11.5. The Bertz CT molecular complexity index is 901. The van der Waals surface area contributed by atoms with Gasteiger partial charge in [0.2, 0.25) is 5.13 Å². The van der Waals surface area contributed by atoms with Crippen LogP contribution in [0.2, 0.25) is 5.02 Å². The van der Waals surface area contributed by atoms with Crippen LogP contribution in [0.1, 0.15) is 24.1 Å². The van der Waals surface area contributed by atoms with Crippen molar-refractivity contribution in [2.24, 2.45) is 0 Å². The first kappa shape index (κ1) is 17.5. The van der Waals surface area contributed by atoms with E-state index in [1.807, 2.05) is 42.2 Å². The molecule has 0 atom stereocenters. The van der Waals surface area contributed by atoms with Gasteiger partial charge in [0.1, 0.15) is 11.9 Å². The number of aromatic nitrogens is 3. The van der Waals surface area contributed by atoms with E-state index in [0.29, 0.717) is 5.02 Å². The van der Waals surface area contributed by atoms with Gasteiger partial charge in [-0.2, -0.15) is 5.10 Å². The average molecular weight is 389 g/mol. The van der Waals surface area contributed by atoms with Crippen LogP contribution in [0.4, 0.5) is 0 Å². The third-order valence-electron chi connectivity index (χ3n) is 4.61. The van der Waals surface area contributed by atoms with E-state index in [4.69, 9.17) is 16.3 Å². The Hall–Kier alpha value is -1.89. The van der Waals surface area contributed by atoms with Gasteiger partial charge in [-0.05, 0) is 57.5 Å². The van der Waals surface area contributed by atoms with E-state index in [-0.39, 0.29) is 6.10 Å². The molecule has 136 valence electrons. The second kappa shape index (κ2) is 7.39. The van der Waals surface area contributed by atoms with Gasteiger partial charge in [-0.1, -0.05) is 11.6 Å². The molecule has 5 nitrogen and oxygen atoms in total. The fourth-order valence-corrected chi connectivity index (χ4v) is 4.16. The predicted molar refractivity (Wildman–Crippen MR) is 106 cm³/mol. The summed E-state index contributed by atoms with van der Waals surface area (Å²) in [5.41, 5.74) is 3.99. The number of ether oxygens (including phenoxy) is 1. The molecule has 0 aliphatic carbocycles. The molecule has 0 radical (unpaired) electrons. The largest absolute Gasteiger partial charge is 0.489 e. The fourth-order valence-electron chi connectivity index (χ4n) is 3.32. The molecule has 1 aromatic carbocycles. The van der Waals surface area contributed by atoms with Crippen molar-refractivity contribution in [2.75, 3.05) is 13.1 Å². The number of nitrogens with zero attached hydrogens (tertiary/aromatic N) is 3. The lowest BCUT2D eigenvalue weighted by Crippen LogP contribution is -2.34. The smallest absolute Gasteiger partial charge is 0.210 e. The monoisotopic (exact) mass is 388 g/mol. The zero-order valence-corrected chi connectivity index (χ0v) is 16.4. The Balaban J connectivity index is 1.76. The number of aryl methyl sites for hydroxylation is 2. The van der Waals surface area contributed by atoms with Crippen molar-refractivity contribution in [1.29, 1.82) is 0 Å². The molecule has 1 aliphatic rings. The molecular formula is C19H21ClN4OS. The molecule has 1 aliphatic heterocycles. The first-order valence-corrected chi connectivity index (χ1v) is 10.0. The first-order valence-electron chi connectivity index (χ1n) is 8.76. The Morgan fingerprint density at radius 1 is 1.23 bits per heavy atom. The Morgan fingerprint density at radius 2 is 2.04 bits per heavy atom. The molecule has 0 amide bonds. The minimum atomic E-state index is 0.226. The van der Waals surface area contributed by atoms with Gasteiger partial charge in [0.25, 0.3) is 0 Å². The number of nitrogens with one attached hydrogen (secondary N) is 1. The van der Waals surface area contributed by atoms with Crippen molar-refractivity contribution in [3.05, 3.63) is 46.2 Å². The highest BCUT2D eigenvalue weighted by Gasteiger charge is 2.21. The lowest BCUT2D eigenvalue weighted by atomic mass is 10.0. The van der Waals surface area contributed by atoms with Crippen LogP contribution >= 0.6 is 22.9 Å². The Morgan fingerprint density at radius 3 is 2.77 bits per heavy atom. The van der Waals surface area contributed by atoms with Gasteiger partial charge in [0.15, 0.2) is 0 Å². The molecule has 26 heavy (non-hydrogen) atoms. The standard InChI is InChI=1S/C19H21ClN4OS/c1-12-9-14(20)10-16(18(12)25-15-3-5-21-6-4-15)17-11-24(23-13(17)2)19-22-7-8-26-19/h7-11,15,21H,3-6H2,1-2H3. The number of hydrogen-bond donors (Lipinski definition) is 1. The van der Waals surface area contributed by atoms with Gasteiger partial charge < -0.3 is 10.1 Å². The third-order valence-corrected chi connectivity index (χ3v) is 5.59. The topological polar surface area (TPSA) is 52.0 Å². The van der Waals surface area contributed by atoms with E-state index in [9.17, 15) is 0 Å². The van der Waals surface area contributed by atoms with Crippen LogP contribution in [0.15, 0.2) is 29.9 Å². The molecule has 1 saturated heterocycles. The second-order valence-electron chi connectivity index (χ2n) is 6.55. The van der Waals surface area contributed by atoms with E-state index in [1.165, 1.54) is 0 Å². The summed E-state index contributed by atoms with van der Waals surface area (Å²) in [5.74, 6) is 0.906. The van der Waals surface area contributed by atoms with Crippen molar-refractivity contribution in [3.8, 4) is 22.0 Å². The van der Waals surface area contributed by atoms with E-state index >= 15 is 0 Å². The van der Waals surface area contributed by atoms with Crippen LogP contribution in [0.3, 0.4) is 0 Å². The second-order valence-corrected chi connectivity index (χ2v) is 7.86. The van der Waals surface area contributed by atoms with Crippen LogP contribution in [-0.2, 0) is 0 Å². The molecule has 4 rings (SSSR count). The zero-order chi connectivity index (χ0) is 18.1. The van der Waals surface area contributed by atoms with Crippen LogP contribution in [-0.4, -0.2) is 34.0 Å². The van der Waals surface area contributed by atoms with Crippen LogP contribution < -0.4 is 10.1 Å². The molecule has 0 bridgehead atoms. The molecule has 0 spiro atoms. The summed E-state index contributed by atoms with van der Waals surface area (Å²) >= 11 is 7.93. The van der Waals surface area contributed by atoms with Gasteiger partial charge >= 0.3 is 0 Å². The van der Waals surface area contributed by atoms with Crippen molar-refractivity contribution < 1.29 is 4.74 Å². The third kappa shape index (κ3) is 3.49. The van der Waals surface area contributed by atoms with E-state index < -0.39 is 0 Å². The first-order chi connectivity index (χ1) is 12.6. The Kier molecular flexibility index (Phi) is 4.98. The number of thiazole rings is 1. The van der Waals surface area contributed by atoms with Crippen molar-refractivity contribution in [1.82, 2.24) is 20.1 Å². The summed E-state index contributed by atoms with van der Waals surface area (Å²) in [6.07, 6.45) is 6.04. The molecular weight excluding hydrogens is 368 g/mol. The summed E-state index contributed by atoms with van der Waals surface area (Å²) in [7, 11) is 0. The fraction of sp³-hybridized carbons (Fsp3) is 0.368. The number of halogens is 1. The van der Waals surface area contributed by atoms with Crippen molar-refractivity contribution >= 4 is 22.9 Å². The van der Waals surface area contributed by atoms with Gasteiger partial charge in [-0.15, -0.1) is 11.3 Å². The average Bonchev–Trinajstić information content (AvgIpc) is 3.27. The number of piperidine rings is 1. The molecule has 0 saturated carbocycles. The minimum Gasteiger partial charge on any atom is -0.489 e. The Labute approximate surface area is 162 Å². The summed E-state index contributed by atoms with van der Waals surface area (Å²) in [4.78, 5) is 4.34. The molecule has 2 aromatic heterocycles. The highest BCUT2D eigenvalue weighted by atomic mass is 35.5. The van der Waals surface area contributed by atoms with Gasteiger partial charge in [-0.25, -0.2) is 9.67 Å². The molecule has 0 unspecified atom stereocenters. The SMILES string of the molecule is Cc1cc(Cl)cc(-c2cn(-c3nccs3)nc2C)c1OC1CCNCC1. The van der Waals surface area contributed by atoms with Gasteiger partial charge in [-0.3, -0.25) is 0 Å². The lowest BCUT2D eigenvalue weighted by Gasteiger charge is -2.26. The van der Waals surface area contributed by atoms with Crippen LogP contribution in [0.25, 0.3) is 16.3 Å². The maximum atomic E-state index is 6.43. The van der Waals surface area contributed by atoms with Gasteiger partial charge in [0, 0.05) is 33.9 Å². The molecule has 1 N–H and O–H groups in total. The summed E-state index contributed by atoms with van der Waals surface area (Å²) < 4.78 is 8.25. The number of hydrogen-bond acceptors (Lipinski definition) is 5. The minimum absolute atomic E-state index is 0.226. The predicted octanol–water partition coefficient (Wildman–Crippen LogP) is 4.40. The molecule has 7 heteroatoms. The molecule has 1 fully saturated rings. The normalized spacial score (nSPS) is 15.3. The number of benzene rings is 1. The van der Waals surface area contributed by atoms with Gasteiger partial charge in [0.05, 0.1) is 5.69 Å². The van der Waals surface area contributed by atoms with Crippen LogP contribution in [0, 0.1) is 13.8 Å². The maximum Gasteiger partial charge on any atom is 0.210 e. The van der Waals surface area contributed by atoms with E-state index in [1.54, 1.807) is 17.5 Å². The highest BCUT2D eigenvalue weighted by molar-refractivity contribution is 7.12. The van der Waals surface area contributed by atoms with E-state index in [2.05, 4.69) is 15.4 Å². The quantitative estimate of drug-likeness (QED) is 0.719. The van der Waals surface area contributed by atoms with E-state index in [0.717, 1.165) is 59.2 Å². The maximum absolute atomic E-state index is 6.43. The highest BCUT2D eigenvalue weighted by Crippen LogP contribution is 2.38.